The summed E-state index contributed by atoms with van der Waals surface area (Å²) in [6, 6.07) is 18.3. The number of rotatable bonds is 10. The lowest BCUT2D eigenvalue weighted by Crippen LogP contribution is -2.46. The number of fused-ring (bicyclic) bond motifs is 1. The third-order valence-electron chi connectivity index (χ3n) is 7.14. The van der Waals surface area contributed by atoms with Crippen molar-refractivity contribution in [2.24, 2.45) is 5.92 Å². The molecule has 0 aliphatic carbocycles. The van der Waals surface area contributed by atoms with Crippen molar-refractivity contribution >= 4 is 22.7 Å². The molecular weight excluding hydrogens is 450 g/mol. The topological polar surface area (TPSA) is 70.6 Å². The first-order valence-corrected chi connectivity index (χ1v) is 13.0. The molecule has 0 amide bonds. The molecule has 0 bridgehead atoms. The Bertz CT molecular complexity index is 1130. The van der Waals surface area contributed by atoms with E-state index in [2.05, 4.69) is 52.4 Å². The van der Waals surface area contributed by atoms with Gasteiger partial charge in [-0.2, -0.15) is 0 Å². The zero-order valence-electron chi connectivity index (χ0n) is 22.0. The van der Waals surface area contributed by atoms with Gasteiger partial charge in [0.1, 0.15) is 17.7 Å². The maximum Gasteiger partial charge on any atom is 0.328 e. The van der Waals surface area contributed by atoms with Gasteiger partial charge in [0.05, 0.1) is 19.2 Å². The fourth-order valence-electron chi connectivity index (χ4n) is 4.77. The van der Waals surface area contributed by atoms with Gasteiger partial charge in [-0.1, -0.05) is 63.2 Å². The highest BCUT2D eigenvalue weighted by atomic mass is 16.5. The van der Waals surface area contributed by atoms with Gasteiger partial charge in [-0.05, 0) is 42.5 Å². The quantitative estimate of drug-likeness (QED) is 0.419. The highest BCUT2D eigenvalue weighted by Gasteiger charge is 2.25. The second-order valence-corrected chi connectivity index (χ2v) is 10.1. The van der Waals surface area contributed by atoms with Crippen molar-refractivity contribution in [2.75, 3.05) is 45.2 Å². The number of methoxy groups -OCH3 is 1. The van der Waals surface area contributed by atoms with Crippen LogP contribution in [0.4, 0.5) is 5.82 Å². The van der Waals surface area contributed by atoms with Gasteiger partial charge in [-0.15, -0.1) is 0 Å². The molecule has 1 aliphatic heterocycles. The number of esters is 1. The number of carbonyl (C=O) groups is 1. The van der Waals surface area contributed by atoms with Crippen LogP contribution in [0, 0.1) is 5.92 Å². The molecule has 4 rings (SSSR count). The highest BCUT2D eigenvalue weighted by Crippen LogP contribution is 2.24. The highest BCUT2D eigenvalue weighted by molar-refractivity contribution is 5.91. The number of benzene rings is 2. The Morgan fingerprint density at radius 1 is 0.944 bits per heavy atom. The maximum atomic E-state index is 12.4. The van der Waals surface area contributed by atoms with E-state index in [9.17, 15) is 4.79 Å². The number of aromatic nitrogens is 2. The lowest BCUT2D eigenvalue weighted by Gasteiger charge is -2.34. The van der Waals surface area contributed by atoms with Crippen LogP contribution >= 0.6 is 0 Å². The van der Waals surface area contributed by atoms with Crippen molar-refractivity contribution in [1.82, 2.24) is 19.8 Å². The van der Waals surface area contributed by atoms with Crippen LogP contribution in [-0.2, 0) is 16.1 Å². The lowest BCUT2D eigenvalue weighted by atomic mass is 9.97. The predicted octanol–water partition coefficient (Wildman–Crippen LogP) is 4.55. The van der Waals surface area contributed by atoms with Crippen LogP contribution in [0.2, 0.25) is 0 Å². The average molecular weight is 490 g/mol. The Labute approximate surface area is 214 Å². The standard InChI is InChI=1S/C29H39N5O2/c1-21(2)27(29(35)36-4)32-28-24-12-8-9-13-25(24)30-26(31-28)20-34-18-16-33(17-19-34)15-14-22(3)23-10-6-5-7-11-23/h5-13,21-22,27H,14-20H2,1-4H3,(H,30,31,32)/t22?,27-/m0/s1. The van der Waals surface area contributed by atoms with Gasteiger partial charge >= 0.3 is 5.97 Å². The monoisotopic (exact) mass is 489 g/mol. The summed E-state index contributed by atoms with van der Waals surface area (Å²) in [5.74, 6) is 1.81. The molecule has 36 heavy (non-hydrogen) atoms. The fraction of sp³-hybridized carbons (Fsp3) is 0.483. The van der Waals surface area contributed by atoms with Gasteiger partial charge in [-0.25, -0.2) is 14.8 Å². The molecule has 2 heterocycles. The number of nitrogens with zero attached hydrogens (tertiary/aromatic N) is 4. The Balaban J connectivity index is 1.38. The SMILES string of the molecule is COC(=O)[C@@H](Nc1nc(CN2CCN(CCC(C)c3ccccc3)CC2)nc2ccccc12)C(C)C. The zero-order chi connectivity index (χ0) is 25.5. The van der Waals surface area contributed by atoms with E-state index < -0.39 is 6.04 Å². The number of hydrogen-bond donors (Lipinski definition) is 1. The summed E-state index contributed by atoms with van der Waals surface area (Å²) in [6.45, 7) is 12.2. The van der Waals surface area contributed by atoms with E-state index in [1.807, 2.05) is 38.1 Å². The Hall–Kier alpha value is -3.03. The lowest BCUT2D eigenvalue weighted by molar-refractivity contribution is -0.142. The molecular formula is C29H39N5O2. The second-order valence-electron chi connectivity index (χ2n) is 10.1. The van der Waals surface area contributed by atoms with E-state index >= 15 is 0 Å². The minimum atomic E-state index is -0.469. The van der Waals surface area contributed by atoms with Crippen molar-refractivity contribution in [2.45, 2.75) is 45.7 Å². The third kappa shape index (κ3) is 6.59. The van der Waals surface area contributed by atoms with Crippen LogP contribution in [-0.4, -0.2) is 71.6 Å². The molecule has 2 atom stereocenters. The smallest absolute Gasteiger partial charge is 0.328 e. The van der Waals surface area contributed by atoms with Crippen molar-refractivity contribution < 1.29 is 9.53 Å². The molecule has 1 fully saturated rings. The van der Waals surface area contributed by atoms with E-state index in [1.54, 1.807) is 0 Å². The molecule has 192 valence electrons. The molecule has 0 radical (unpaired) electrons. The summed E-state index contributed by atoms with van der Waals surface area (Å²) < 4.78 is 5.02. The van der Waals surface area contributed by atoms with Gasteiger partial charge in [-0.3, -0.25) is 4.90 Å². The molecule has 1 aromatic heterocycles. The second kappa shape index (κ2) is 12.3. The van der Waals surface area contributed by atoms with Gasteiger partial charge in [0.15, 0.2) is 0 Å². The first-order chi connectivity index (χ1) is 17.4. The molecule has 0 spiro atoms. The summed E-state index contributed by atoms with van der Waals surface area (Å²) in [5, 5.41) is 4.26. The normalized spacial score (nSPS) is 16.7. The number of nitrogens with one attached hydrogen (secondary N) is 1. The predicted molar refractivity (Wildman–Crippen MR) is 145 cm³/mol. The van der Waals surface area contributed by atoms with Crippen molar-refractivity contribution in [3.63, 3.8) is 0 Å². The van der Waals surface area contributed by atoms with Crippen LogP contribution in [0.1, 0.15) is 44.5 Å². The molecule has 1 saturated heterocycles. The largest absolute Gasteiger partial charge is 0.467 e. The van der Waals surface area contributed by atoms with E-state index in [1.165, 1.54) is 19.1 Å². The third-order valence-corrected chi connectivity index (χ3v) is 7.14. The molecule has 3 aromatic rings. The number of hydrogen-bond acceptors (Lipinski definition) is 7. The van der Waals surface area contributed by atoms with E-state index in [0.717, 1.165) is 49.5 Å². The summed E-state index contributed by atoms with van der Waals surface area (Å²) in [4.78, 5) is 27.0. The van der Waals surface area contributed by atoms with Crippen LogP contribution in [0.15, 0.2) is 54.6 Å². The fourth-order valence-corrected chi connectivity index (χ4v) is 4.77. The summed E-state index contributed by atoms with van der Waals surface area (Å²) in [7, 11) is 1.42. The molecule has 1 aliphatic rings. The van der Waals surface area contributed by atoms with Crippen molar-refractivity contribution in [1.29, 1.82) is 0 Å². The molecule has 7 heteroatoms. The van der Waals surface area contributed by atoms with Crippen LogP contribution in [0.5, 0.6) is 0 Å². The summed E-state index contributed by atoms with van der Waals surface area (Å²) in [6.07, 6.45) is 1.17. The van der Waals surface area contributed by atoms with Crippen LogP contribution in [0.25, 0.3) is 10.9 Å². The van der Waals surface area contributed by atoms with E-state index in [0.29, 0.717) is 18.3 Å². The van der Waals surface area contributed by atoms with E-state index in [-0.39, 0.29) is 11.9 Å². The number of ether oxygens (including phenoxy) is 1. The average Bonchev–Trinajstić information content (AvgIpc) is 2.91. The summed E-state index contributed by atoms with van der Waals surface area (Å²) in [5.41, 5.74) is 2.30. The Morgan fingerprint density at radius 2 is 1.61 bits per heavy atom. The Kier molecular flexibility index (Phi) is 8.88. The number of para-hydroxylation sites is 1. The molecule has 0 saturated carbocycles. The zero-order valence-corrected chi connectivity index (χ0v) is 22.0. The maximum absolute atomic E-state index is 12.4. The molecule has 7 nitrogen and oxygen atoms in total. The minimum Gasteiger partial charge on any atom is -0.467 e. The summed E-state index contributed by atoms with van der Waals surface area (Å²) >= 11 is 0. The van der Waals surface area contributed by atoms with Gasteiger partial charge < -0.3 is 15.0 Å². The molecule has 1 N–H and O–H groups in total. The van der Waals surface area contributed by atoms with Crippen LogP contribution < -0.4 is 5.32 Å². The number of carbonyl (C=O) groups excluding carboxylic acids is 1. The van der Waals surface area contributed by atoms with Crippen molar-refractivity contribution in [3.8, 4) is 0 Å². The van der Waals surface area contributed by atoms with Gasteiger partial charge in [0, 0.05) is 31.6 Å². The Morgan fingerprint density at radius 3 is 2.31 bits per heavy atom. The first-order valence-electron chi connectivity index (χ1n) is 13.0. The van der Waals surface area contributed by atoms with Crippen molar-refractivity contribution in [3.05, 3.63) is 66.0 Å². The molecule has 2 aromatic carbocycles. The van der Waals surface area contributed by atoms with Crippen LogP contribution in [0.3, 0.4) is 0 Å². The van der Waals surface area contributed by atoms with Gasteiger partial charge in [0.2, 0.25) is 0 Å². The first kappa shape index (κ1) is 26.0. The number of piperazine rings is 1. The number of anilines is 1. The minimum absolute atomic E-state index is 0.0623. The molecule has 1 unspecified atom stereocenters. The van der Waals surface area contributed by atoms with Gasteiger partial charge in [0.25, 0.3) is 0 Å². The van der Waals surface area contributed by atoms with E-state index in [4.69, 9.17) is 14.7 Å².